The minimum absolute atomic E-state index is 0.368. The lowest BCUT2D eigenvalue weighted by Crippen LogP contribution is -2.53. The van der Waals surface area contributed by atoms with Gasteiger partial charge in [0.2, 0.25) is 0 Å². The van der Waals surface area contributed by atoms with Gasteiger partial charge in [-0.25, -0.2) is 0 Å². The van der Waals surface area contributed by atoms with Gasteiger partial charge in [0.25, 0.3) is 0 Å². The molecule has 0 bridgehead atoms. The molecule has 0 aliphatic carbocycles. The maximum absolute atomic E-state index is 4.01. The second-order valence-electron chi connectivity index (χ2n) is 7.02. The summed E-state index contributed by atoms with van der Waals surface area (Å²) in [5.41, 5.74) is 0.368. The number of unbranched alkanes of at least 4 members (excludes halogenated alkanes) is 5. The van der Waals surface area contributed by atoms with Crippen LogP contribution in [-0.2, 0) is 0 Å². The quantitative estimate of drug-likeness (QED) is 0.540. The van der Waals surface area contributed by atoms with E-state index in [1.54, 1.807) is 0 Å². The first kappa shape index (κ1) is 18.0. The van der Waals surface area contributed by atoms with Crippen molar-refractivity contribution in [1.82, 2.24) is 10.6 Å². The van der Waals surface area contributed by atoms with E-state index in [2.05, 4.69) is 31.4 Å². The van der Waals surface area contributed by atoms with Crippen LogP contribution in [-0.4, -0.2) is 24.7 Å². The van der Waals surface area contributed by atoms with Gasteiger partial charge < -0.3 is 10.6 Å². The topological polar surface area (TPSA) is 24.1 Å². The van der Waals surface area contributed by atoms with Crippen LogP contribution in [0.2, 0.25) is 0 Å². The smallest absolute Gasteiger partial charge is 0.0198 e. The van der Waals surface area contributed by atoms with Crippen molar-refractivity contribution in [2.24, 2.45) is 0 Å². The maximum Gasteiger partial charge on any atom is 0.0198 e. The number of hydrogen-bond acceptors (Lipinski definition) is 2. The Morgan fingerprint density at radius 3 is 2.25 bits per heavy atom. The molecule has 1 heterocycles. The van der Waals surface area contributed by atoms with Crippen LogP contribution in [0, 0.1) is 0 Å². The van der Waals surface area contributed by atoms with Crippen LogP contribution in [0.1, 0.15) is 91.4 Å². The summed E-state index contributed by atoms with van der Waals surface area (Å²) in [5.74, 6) is 0. The van der Waals surface area contributed by atoms with E-state index in [9.17, 15) is 0 Å². The van der Waals surface area contributed by atoms with Gasteiger partial charge in [0, 0.05) is 18.1 Å². The van der Waals surface area contributed by atoms with Crippen molar-refractivity contribution in [1.29, 1.82) is 0 Å². The number of rotatable bonds is 11. The Labute approximate surface area is 127 Å². The predicted octanol–water partition coefficient (Wildman–Crippen LogP) is 4.64. The van der Waals surface area contributed by atoms with Gasteiger partial charge in [0.05, 0.1) is 0 Å². The first-order valence-corrected chi connectivity index (χ1v) is 9.18. The molecule has 0 spiro atoms. The Bertz CT molecular complexity index is 223. The molecule has 120 valence electrons. The second-order valence-corrected chi connectivity index (χ2v) is 7.02. The molecule has 0 aromatic rings. The van der Waals surface area contributed by atoms with Crippen molar-refractivity contribution in [3.8, 4) is 0 Å². The average Bonchev–Trinajstić information content (AvgIpc) is 2.45. The lowest BCUT2D eigenvalue weighted by Gasteiger charge is -2.37. The van der Waals surface area contributed by atoms with E-state index in [0.717, 1.165) is 0 Å². The van der Waals surface area contributed by atoms with Gasteiger partial charge in [-0.1, -0.05) is 58.8 Å². The largest absolute Gasteiger partial charge is 0.315 e. The molecule has 0 amide bonds. The SMILES string of the molecule is CCCCCCC(C)(CCCCC)N[C@H]1CCCNC1. The summed E-state index contributed by atoms with van der Waals surface area (Å²) in [4.78, 5) is 0. The summed E-state index contributed by atoms with van der Waals surface area (Å²) in [6, 6.07) is 0.696. The van der Waals surface area contributed by atoms with E-state index in [0.29, 0.717) is 11.6 Å². The number of piperidine rings is 1. The molecule has 20 heavy (non-hydrogen) atoms. The molecule has 2 heteroatoms. The standard InChI is InChI=1S/C18H38N2/c1-4-6-8-10-14-18(3,13-9-7-5-2)20-17-12-11-15-19-16-17/h17,19-20H,4-16H2,1-3H3/t17-,18?/m0/s1. The molecular formula is C18H38N2. The highest BCUT2D eigenvalue weighted by Gasteiger charge is 2.27. The summed E-state index contributed by atoms with van der Waals surface area (Å²) < 4.78 is 0. The predicted molar refractivity (Wildman–Crippen MR) is 90.3 cm³/mol. The molecule has 1 unspecified atom stereocenters. The Morgan fingerprint density at radius 1 is 1.00 bits per heavy atom. The maximum atomic E-state index is 4.01. The zero-order valence-electron chi connectivity index (χ0n) is 14.3. The lowest BCUT2D eigenvalue weighted by atomic mass is 9.86. The fourth-order valence-corrected chi connectivity index (χ4v) is 3.44. The van der Waals surface area contributed by atoms with Gasteiger partial charge >= 0.3 is 0 Å². The average molecular weight is 283 g/mol. The highest BCUT2D eigenvalue weighted by Crippen LogP contribution is 2.24. The molecule has 1 fully saturated rings. The van der Waals surface area contributed by atoms with Gasteiger partial charge in [-0.05, 0) is 39.2 Å². The Balaban J connectivity index is 2.38. The molecule has 0 aromatic heterocycles. The molecule has 2 atom stereocenters. The minimum Gasteiger partial charge on any atom is -0.315 e. The van der Waals surface area contributed by atoms with E-state index in [1.807, 2.05) is 0 Å². The van der Waals surface area contributed by atoms with E-state index >= 15 is 0 Å². The number of hydrogen-bond donors (Lipinski definition) is 2. The van der Waals surface area contributed by atoms with E-state index in [4.69, 9.17) is 0 Å². The van der Waals surface area contributed by atoms with E-state index < -0.39 is 0 Å². The summed E-state index contributed by atoms with van der Waals surface area (Å²) in [7, 11) is 0. The normalized spacial score (nSPS) is 22.6. The summed E-state index contributed by atoms with van der Waals surface area (Å²) in [6.07, 6.45) is 15.0. The Morgan fingerprint density at radius 2 is 1.65 bits per heavy atom. The van der Waals surface area contributed by atoms with Crippen molar-refractivity contribution < 1.29 is 0 Å². The number of nitrogens with one attached hydrogen (secondary N) is 2. The fourth-order valence-electron chi connectivity index (χ4n) is 3.44. The van der Waals surface area contributed by atoms with Crippen molar-refractivity contribution in [2.75, 3.05) is 13.1 Å². The van der Waals surface area contributed by atoms with Gasteiger partial charge in [0.15, 0.2) is 0 Å². The van der Waals surface area contributed by atoms with Crippen molar-refractivity contribution in [3.63, 3.8) is 0 Å². The van der Waals surface area contributed by atoms with Crippen LogP contribution in [0.15, 0.2) is 0 Å². The van der Waals surface area contributed by atoms with E-state index in [-0.39, 0.29) is 0 Å². The summed E-state index contributed by atoms with van der Waals surface area (Å²) in [5, 5.41) is 7.54. The zero-order valence-corrected chi connectivity index (χ0v) is 14.3. The van der Waals surface area contributed by atoms with Gasteiger partial charge in [0.1, 0.15) is 0 Å². The molecule has 2 nitrogen and oxygen atoms in total. The molecule has 0 aromatic carbocycles. The first-order chi connectivity index (χ1) is 9.70. The monoisotopic (exact) mass is 282 g/mol. The van der Waals surface area contributed by atoms with Gasteiger partial charge in [-0.3, -0.25) is 0 Å². The van der Waals surface area contributed by atoms with Crippen LogP contribution in [0.25, 0.3) is 0 Å². The third-order valence-electron chi connectivity index (χ3n) is 4.76. The Kier molecular flexibility index (Phi) is 9.54. The lowest BCUT2D eigenvalue weighted by molar-refractivity contribution is 0.233. The first-order valence-electron chi connectivity index (χ1n) is 9.18. The van der Waals surface area contributed by atoms with Crippen molar-refractivity contribution in [3.05, 3.63) is 0 Å². The van der Waals surface area contributed by atoms with Gasteiger partial charge in [-0.2, -0.15) is 0 Å². The van der Waals surface area contributed by atoms with Crippen LogP contribution in [0.4, 0.5) is 0 Å². The Hall–Kier alpha value is -0.0800. The minimum atomic E-state index is 0.368. The van der Waals surface area contributed by atoms with Crippen LogP contribution in [0.5, 0.6) is 0 Å². The molecule has 1 aliphatic rings. The molecule has 1 rings (SSSR count). The van der Waals surface area contributed by atoms with Crippen molar-refractivity contribution >= 4 is 0 Å². The molecular weight excluding hydrogens is 244 g/mol. The van der Waals surface area contributed by atoms with E-state index in [1.165, 1.54) is 83.7 Å². The van der Waals surface area contributed by atoms with Crippen LogP contribution in [0.3, 0.4) is 0 Å². The van der Waals surface area contributed by atoms with Gasteiger partial charge in [-0.15, -0.1) is 0 Å². The summed E-state index contributed by atoms with van der Waals surface area (Å²) >= 11 is 0. The zero-order chi connectivity index (χ0) is 14.7. The molecule has 1 saturated heterocycles. The third-order valence-corrected chi connectivity index (χ3v) is 4.76. The summed E-state index contributed by atoms with van der Waals surface area (Å²) in [6.45, 7) is 9.45. The highest BCUT2D eigenvalue weighted by atomic mass is 15.1. The van der Waals surface area contributed by atoms with Crippen LogP contribution < -0.4 is 10.6 Å². The fraction of sp³-hybridized carbons (Fsp3) is 1.00. The molecule has 2 N–H and O–H groups in total. The molecule has 0 saturated carbocycles. The third kappa shape index (κ3) is 7.64. The van der Waals surface area contributed by atoms with Crippen molar-refractivity contribution in [2.45, 2.75) is 103 Å². The van der Waals surface area contributed by atoms with Crippen LogP contribution >= 0.6 is 0 Å². The second kappa shape index (κ2) is 10.6. The highest BCUT2D eigenvalue weighted by molar-refractivity contribution is 4.88. The molecule has 1 aliphatic heterocycles. The molecule has 0 radical (unpaired) electrons.